The molecule has 4 heteroatoms. The predicted octanol–water partition coefficient (Wildman–Crippen LogP) is 0.733. The highest BCUT2D eigenvalue weighted by molar-refractivity contribution is 7.97. The molecule has 43 valence electrons. The molecule has 1 rings (SSSR count). The molecule has 8 heavy (non-hydrogen) atoms. The van der Waals surface area contributed by atoms with Gasteiger partial charge in [-0.05, 0) is 6.26 Å². The normalized spacial score (nSPS) is 9.62. The second-order valence-corrected chi connectivity index (χ2v) is 2.10. The summed E-state index contributed by atoms with van der Waals surface area (Å²) in [6.45, 7) is 0. The van der Waals surface area contributed by atoms with E-state index in [1.165, 1.54) is 0 Å². The number of rotatable bonds is 2. The Balaban J connectivity index is 2.50. The summed E-state index contributed by atoms with van der Waals surface area (Å²) >= 11 is 1.65. The van der Waals surface area contributed by atoms with Crippen molar-refractivity contribution >= 4 is 11.8 Å². The van der Waals surface area contributed by atoms with Crippen molar-refractivity contribution in [2.45, 2.75) is 5.75 Å². The summed E-state index contributed by atoms with van der Waals surface area (Å²) in [5, 5.41) is 3.54. The Hall–Kier alpha value is -0.510. The van der Waals surface area contributed by atoms with Crippen LogP contribution >= 0.6 is 11.8 Å². The quantitative estimate of drug-likeness (QED) is 0.590. The van der Waals surface area contributed by atoms with Gasteiger partial charge in [-0.1, -0.05) is 5.16 Å². The molecule has 0 amide bonds. The molecular formula is C4H5N2OS. The van der Waals surface area contributed by atoms with Gasteiger partial charge in [0.05, 0.1) is 5.75 Å². The lowest BCUT2D eigenvalue weighted by molar-refractivity contribution is 0.405. The van der Waals surface area contributed by atoms with Gasteiger partial charge in [0, 0.05) is 0 Å². The smallest absolute Gasteiger partial charge is 0.316 e. The van der Waals surface area contributed by atoms with Crippen molar-refractivity contribution in [3.05, 3.63) is 12.2 Å². The third kappa shape index (κ3) is 1.23. The molecule has 0 spiro atoms. The first-order valence-electron chi connectivity index (χ1n) is 2.11. The fourth-order valence-corrected chi connectivity index (χ4v) is 0.730. The van der Waals surface area contributed by atoms with E-state index in [2.05, 4.69) is 21.1 Å². The summed E-state index contributed by atoms with van der Waals surface area (Å²) in [5.74, 6) is 1.50. The molecule has 0 aromatic carbocycles. The van der Waals surface area contributed by atoms with Gasteiger partial charge in [-0.15, -0.1) is 0 Å². The Morgan fingerprint density at radius 1 is 1.88 bits per heavy atom. The van der Waals surface area contributed by atoms with Gasteiger partial charge >= 0.3 is 6.39 Å². The molecule has 1 aromatic rings. The van der Waals surface area contributed by atoms with Crippen LogP contribution in [-0.4, -0.2) is 16.4 Å². The van der Waals surface area contributed by atoms with Crippen LogP contribution in [0.1, 0.15) is 5.82 Å². The lowest BCUT2D eigenvalue weighted by Crippen LogP contribution is -1.79. The summed E-state index contributed by atoms with van der Waals surface area (Å²) in [5.41, 5.74) is 0. The van der Waals surface area contributed by atoms with Crippen LogP contribution in [0.2, 0.25) is 0 Å². The monoisotopic (exact) mass is 129 g/mol. The number of hydrogen-bond donors (Lipinski definition) is 0. The highest BCUT2D eigenvalue weighted by atomic mass is 32.2. The first-order valence-corrected chi connectivity index (χ1v) is 3.50. The van der Waals surface area contributed by atoms with E-state index in [1.54, 1.807) is 11.8 Å². The van der Waals surface area contributed by atoms with Crippen molar-refractivity contribution in [1.29, 1.82) is 0 Å². The van der Waals surface area contributed by atoms with Crippen LogP contribution in [0.5, 0.6) is 0 Å². The zero-order valence-electron chi connectivity index (χ0n) is 4.42. The van der Waals surface area contributed by atoms with Crippen molar-refractivity contribution in [3.63, 3.8) is 0 Å². The minimum absolute atomic E-state index is 0.706. The Morgan fingerprint density at radius 3 is 3.25 bits per heavy atom. The fourth-order valence-electron chi connectivity index (χ4n) is 0.354. The Bertz CT molecular complexity index is 140. The average molecular weight is 129 g/mol. The van der Waals surface area contributed by atoms with Crippen LogP contribution in [0.15, 0.2) is 4.52 Å². The van der Waals surface area contributed by atoms with Gasteiger partial charge in [0.1, 0.15) is 0 Å². The van der Waals surface area contributed by atoms with Crippen molar-refractivity contribution in [1.82, 2.24) is 10.1 Å². The minimum Gasteiger partial charge on any atom is -0.329 e. The molecule has 0 fully saturated rings. The van der Waals surface area contributed by atoms with E-state index in [0.717, 1.165) is 5.75 Å². The molecule has 0 N–H and O–H groups in total. The molecule has 0 saturated heterocycles. The number of aromatic nitrogens is 2. The van der Waals surface area contributed by atoms with Crippen LogP contribution in [0.3, 0.4) is 0 Å². The van der Waals surface area contributed by atoms with Crippen LogP contribution < -0.4 is 0 Å². The molecule has 0 aliphatic rings. The Labute approximate surface area is 51.5 Å². The van der Waals surface area contributed by atoms with Crippen molar-refractivity contribution in [2.24, 2.45) is 0 Å². The number of hydrogen-bond acceptors (Lipinski definition) is 4. The second kappa shape index (κ2) is 2.71. The maximum Gasteiger partial charge on any atom is 0.316 e. The SMILES string of the molecule is CSCc1n[c]on1. The molecule has 1 heterocycles. The van der Waals surface area contributed by atoms with E-state index >= 15 is 0 Å². The molecule has 0 atom stereocenters. The van der Waals surface area contributed by atoms with Gasteiger partial charge in [0.25, 0.3) is 0 Å². The molecule has 0 aliphatic carbocycles. The van der Waals surface area contributed by atoms with E-state index in [4.69, 9.17) is 0 Å². The molecule has 0 aliphatic heterocycles. The fraction of sp³-hybridized carbons (Fsp3) is 0.500. The summed E-state index contributed by atoms with van der Waals surface area (Å²) in [6, 6.07) is 0. The van der Waals surface area contributed by atoms with E-state index in [0.29, 0.717) is 5.82 Å². The first kappa shape index (κ1) is 5.62. The van der Waals surface area contributed by atoms with Gasteiger partial charge in [0.15, 0.2) is 5.82 Å². The Kier molecular flexibility index (Phi) is 1.91. The standard InChI is InChI=1S/C4H5N2OS/c1-8-2-4-5-3-7-6-4/h2H2,1H3. The van der Waals surface area contributed by atoms with Crippen LogP contribution in [-0.2, 0) is 5.75 Å². The summed E-state index contributed by atoms with van der Waals surface area (Å²) in [7, 11) is 0. The van der Waals surface area contributed by atoms with E-state index in [1.807, 2.05) is 6.26 Å². The molecule has 0 bridgehead atoms. The highest BCUT2D eigenvalue weighted by Gasteiger charge is 1.93. The summed E-state index contributed by atoms with van der Waals surface area (Å²) < 4.78 is 4.37. The van der Waals surface area contributed by atoms with Gasteiger partial charge < -0.3 is 4.52 Å². The molecule has 3 nitrogen and oxygen atoms in total. The van der Waals surface area contributed by atoms with Gasteiger partial charge in [-0.2, -0.15) is 16.7 Å². The average Bonchev–Trinajstić information content (AvgIpc) is 2.19. The van der Waals surface area contributed by atoms with Crippen LogP contribution in [0, 0.1) is 6.39 Å². The van der Waals surface area contributed by atoms with Crippen molar-refractivity contribution in [3.8, 4) is 0 Å². The zero-order valence-corrected chi connectivity index (χ0v) is 5.23. The lowest BCUT2D eigenvalue weighted by Gasteiger charge is -1.81. The third-order valence-electron chi connectivity index (χ3n) is 0.640. The van der Waals surface area contributed by atoms with Gasteiger partial charge in [-0.25, -0.2) is 0 Å². The minimum atomic E-state index is 0.706. The van der Waals surface area contributed by atoms with Crippen LogP contribution in [0.4, 0.5) is 0 Å². The highest BCUT2D eigenvalue weighted by Crippen LogP contribution is 2.00. The second-order valence-electron chi connectivity index (χ2n) is 1.23. The molecular weight excluding hydrogens is 124 g/mol. The number of thioether (sulfide) groups is 1. The Morgan fingerprint density at radius 2 is 2.75 bits per heavy atom. The predicted molar refractivity (Wildman–Crippen MR) is 30.4 cm³/mol. The number of nitrogens with zero attached hydrogens (tertiary/aromatic N) is 2. The van der Waals surface area contributed by atoms with Crippen LogP contribution in [0.25, 0.3) is 0 Å². The van der Waals surface area contributed by atoms with Gasteiger partial charge in [0.2, 0.25) is 0 Å². The maximum absolute atomic E-state index is 4.37. The molecule has 0 unspecified atom stereocenters. The van der Waals surface area contributed by atoms with E-state index < -0.39 is 0 Å². The largest absolute Gasteiger partial charge is 0.329 e. The third-order valence-corrected chi connectivity index (χ3v) is 1.19. The lowest BCUT2D eigenvalue weighted by atomic mass is 10.7. The summed E-state index contributed by atoms with van der Waals surface area (Å²) in [4.78, 5) is 3.68. The van der Waals surface area contributed by atoms with E-state index in [-0.39, 0.29) is 0 Å². The topological polar surface area (TPSA) is 38.9 Å². The zero-order chi connectivity index (χ0) is 5.82. The maximum atomic E-state index is 4.37. The van der Waals surface area contributed by atoms with E-state index in [9.17, 15) is 0 Å². The molecule has 0 saturated carbocycles. The van der Waals surface area contributed by atoms with Crippen molar-refractivity contribution < 1.29 is 4.52 Å². The molecule has 1 radical (unpaired) electrons. The molecule has 1 aromatic heterocycles. The first-order chi connectivity index (χ1) is 3.93. The van der Waals surface area contributed by atoms with Crippen molar-refractivity contribution in [2.75, 3.05) is 6.26 Å². The summed E-state index contributed by atoms with van der Waals surface area (Å²) in [6.07, 6.45) is 4.25. The van der Waals surface area contributed by atoms with Gasteiger partial charge in [-0.3, -0.25) is 0 Å².